The topological polar surface area (TPSA) is 69.9 Å². The maximum absolute atomic E-state index is 6.72. The van der Waals surface area contributed by atoms with Crippen molar-refractivity contribution >= 4 is 65.7 Å². The first-order chi connectivity index (χ1) is 35.0. The van der Waals surface area contributed by atoms with Crippen molar-refractivity contribution in [3.8, 4) is 62.1 Å². The summed E-state index contributed by atoms with van der Waals surface area (Å²) in [4.78, 5) is 15.4. The highest BCUT2D eigenvalue weighted by atomic mass is 16.3. The fourth-order valence-corrected chi connectivity index (χ4v) is 12.0. The third-order valence-electron chi connectivity index (χ3n) is 17.0. The lowest BCUT2D eigenvalue weighted by Crippen LogP contribution is -2.42. The lowest BCUT2D eigenvalue weighted by molar-refractivity contribution is 0.125. The third kappa shape index (κ3) is 5.99. The summed E-state index contributed by atoms with van der Waals surface area (Å²) in [6.45, 7) is 14.6. The largest absolute Gasteiger partial charge is 0.456 e. The Hall–Kier alpha value is -8.61. The van der Waals surface area contributed by atoms with E-state index < -0.39 is 0 Å². The van der Waals surface area contributed by atoms with Crippen LogP contribution in [0, 0.1) is 5.41 Å². The molecule has 6 nitrogen and oxygen atoms in total. The molecule has 0 amide bonds. The molecular formula is C66H50N4O2. The second kappa shape index (κ2) is 15.2. The van der Waals surface area contributed by atoms with E-state index in [2.05, 4.69) is 161 Å². The van der Waals surface area contributed by atoms with Crippen LogP contribution < -0.4 is 0 Å². The van der Waals surface area contributed by atoms with Gasteiger partial charge in [-0.2, -0.15) is 0 Å². The summed E-state index contributed by atoms with van der Waals surface area (Å²) in [5.41, 5.74) is 16.4. The number of hydrogen-bond acceptors (Lipinski definition) is 5. The molecule has 0 bridgehead atoms. The van der Waals surface area contributed by atoms with E-state index in [9.17, 15) is 0 Å². The van der Waals surface area contributed by atoms with Gasteiger partial charge in [0, 0.05) is 60.1 Å². The quantitative estimate of drug-likeness (QED) is 0.166. The zero-order valence-corrected chi connectivity index (χ0v) is 41.1. The van der Waals surface area contributed by atoms with Crippen molar-refractivity contribution in [2.45, 2.75) is 52.4 Å². The van der Waals surface area contributed by atoms with Crippen LogP contribution in [0.15, 0.2) is 203 Å². The molecule has 72 heavy (non-hydrogen) atoms. The number of benzene rings is 9. The molecule has 0 aliphatic heterocycles. The number of para-hydroxylation sites is 3. The Morgan fingerprint density at radius 3 is 1.65 bits per heavy atom. The molecule has 4 aromatic heterocycles. The molecule has 13 aromatic rings. The number of nitrogens with zero attached hydrogens (tertiary/aromatic N) is 4. The second-order valence-electron chi connectivity index (χ2n) is 21.2. The molecule has 0 N–H and O–H groups in total. The second-order valence-corrected chi connectivity index (χ2v) is 21.2. The Kier molecular flexibility index (Phi) is 8.92. The average molecular weight is 931 g/mol. The van der Waals surface area contributed by atoms with Crippen molar-refractivity contribution < 1.29 is 8.83 Å². The Bertz CT molecular complexity index is 4300. The zero-order valence-electron chi connectivity index (χ0n) is 41.1. The van der Waals surface area contributed by atoms with E-state index in [4.69, 9.17) is 23.8 Å². The van der Waals surface area contributed by atoms with E-state index in [1.165, 1.54) is 21.9 Å². The van der Waals surface area contributed by atoms with Crippen molar-refractivity contribution in [1.29, 1.82) is 0 Å². The van der Waals surface area contributed by atoms with E-state index in [0.717, 1.165) is 99.5 Å². The summed E-state index contributed by atoms with van der Waals surface area (Å²) in [6.07, 6.45) is 0. The summed E-state index contributed by atoms with van der Waals surface area (Å²) in [5.74, 6) is 1.82. The first-order valence-electron chi connectivity index (χ1n) is 24.9. The number of furan rings is 2. The van der Waals surface area contributed by atoms with Crippen molar-refractivity contribution in [3.05, 3.63) is 205 Å². The molecule has 0 saturated carbocycles. The first kappa shape index (κ1) is 42.3. The lowest BCUT2D eigenvalue weighted by Gasteiger charge is -2.44. The molecule has 0 spiro atoms. The fraction of sp³-hybridized carbons (Fsp3) is 0.136. The van der Waals surface area contributed by atoms with Gasteiger partial charge in [-0.15, -0.1) is 0 Å². The number of hydrogen-bond donors (Lipinski definition) is 0. The highest BCUT2D eigenvalue weighted by Crippen LogP contribution is 2.62. The Balaban J connectivity index is 1.01. The van der Waals surface area contributed by atoms with Gasteiger partial charge in [0.05, 0.1) is 16.7 Å². The Morgan fingerprint density at radius 1 is 0.361 bits per heavy atom. The lowest BCUT2D eigenvalue weighted by atomic mass is 9.59. The van der Waals surface area contributed by atoms with Gasteiger partial charge in [-0.3, -0.25) is 0 Å². The molecule has 1 aliphatic rings. The average Bonchev–Trinajstić information content (AvgIpc) is 4.12. The summed E-state index contributed by atoms with van der Waals surface area (Å²) in [6, 6.07) is 68.8. The molecule has 0 unspecified atom stereocenters. The van der Waals surface area contributed by atoms with Gasteiger partial charge in [0.25, 0.3) is 0 Å². The van der Waals surface area contributed by atoms with Crippen LogP contribution in [-0.4, -0.2) is 19.5 Å². The van der Waals surface area contributed by atoms with Crippen molar-refractivity contribution in [1.82, 2.24) is 19.5 Å². The van der Waals surface area contributed by atoms with Crippen molar-refractivity contribution in [3.63, 3.8) is 0 Å². The minimum atomic E-state index is -0.127. The maximum Gasteiger partial charge on any atom is 0.164 e. The third-order valence-corrected chi connectivity index (χ3v) is 17.0. The predicted molar refractivity (Wildman–Crippen MR) is 296 cm³/mol. The molecule has 0 radical (unpaired) electrons. The van der Waals surface area contributed by atoms with Gasteiger partial charge in [-0.05, 0) is 93.1 Å². The monoisotopic (exact) mass is 930 g/mol. The summed E-state index contributed by atoms with van der Waals surface area (Å²) in [7, 11) is 0. The summed E-state index contributed by atoms with van der Waals surface area (Å²) in [5, 5.41) is 6.60. The summed E-state index contributed by atoms with van der Waals surface area (Å²) >= 11 is 0. The Labute approximate surface area is 417 Å². The van der Waals surface area contributed by atoms with Gasteiger partial charge in [-0.1, -0.05) is 181 Å². The molecule has 14 rings (SSSR count). The van der Waals surface area contributed by atoms with E-state index in [0.29, 0.717) is 17.5 Å². The van der Waals surface area contributed by atoms with E-state index >= 15 is 0 Å². The van der Waals surface area contributed by atoms with Gasteiger partial charge in [0.15, 0.2) is 17.5 Å². The zero-order chi connectivity index (χ0) is 48.7. The first-order valence-corrected chi connectivity index (χ1v) is 24.9. The molecule has 4 heterocycles. The normalized spacial score (nSPS) is 14.9. The van der Waals surface area contributed by atoms with Crippen LogP contribution in [0.1, 0.15) is 52.7 Å². The number of fused-ring (bicyclic) bond motifs is 10. The molecule has 0 fully saturated rings. The smallest absolute Gasteiger partial charge is 0.164 e. The van der Waals surface area contributed by atoms with Gasteiger partial charge < -0.3 is 13.4 Å². The minimum absolute atomic E-state index is 0.0486. The van der Waals surface area contributed by atoms with Crippen LogP contribution in [0.4, 0.5) is 0 Å². The van der Waals surface area contributed by atoms with Crippen LogP contribution in [0.3, 0.4) is 0 Å². The Morgan fingerprint density at radius 2 is 0.903 bits per heavy atom. The highest BCUT2D eigenvalue weighted by Gasteiger charge is 2.57. The number of aromatic nitrogens is 4. The molecule has 1 aliphatic carbocycles. The molecule has 0 saturated heterocycles. The number of rotatable bonds is 6. The maximum atomic E-state index is 6.72. The fourth-order valence-electron chi connectivity index (χ4n) is 12.0. The van der Waals surface area contributed by atoms with Crippen LogP contribution in [0.5, 0.6) is 0 Å². The molecule has 6 heteroatoms. The predicted octanol–water partition coefficient (Wildman–Crippen LogP) is 17.7. The minimum Gasteiger partial charge on any atom is -0.456 e. The van der Waals surface area contributed by atoms with Gasteiger partial charge in [0.1, 0.15) is 22.3 Å². The van der Waals surface area contributed by atoms with Crippen LogP contribution in [0.25, 0.3) is 128 Å². The van der Waals surface area contributed by atoms with Gasteiger partial charge in [0.2, 0.25) is 0 Å². The van der Waals surface area contributed by atoms with Crippen molar-refractivity contribution in [2.75, 3.05) is 0 Å². The molecule has 0 atom stereocenters. The van der Waals surface area contributed by atoms with Gasteiger partial charge in [-0.25, -0.2) is 15.0 Å². The highest BCUT2D eigenvalue weighted by molar-refractivity contribution is 6.15. The SMILES string of the molecule is CC1(C)c2cc(-c3ccc4oc5cccc(-c6nc(-c7ccccc7)nc(-c7ccccc7)n6)c5c4c3)c(-n3c4ccccc4c4cc(-c5cccc6c5oc5ccccc56)ccc43)cc2C(C)(C)C1(C)C. The van der Waals surface area contributed by atoms with Gasteiger partial charge >= 0.3 is 0 Å². The molecule has 9 aromatic carbocycles. The van der Waals surface area contributed by atoms with E-state index in [1.807, 2.05) is 78.9 Å². The standard InChI is InChI=1S/C66H50N4O2/c1-64(2)51-37-48(42-32-34-57-50(36-42)59-47(27-18-30-58(59)71-57)63-68-61(39-19-9-7-10-20-39)67-62(69-63)40-21-11-8-12-22-40)55(38-52(51)65(3,4)66(64,5)6)70-53-28-15-13-23-44(53)49-35-41(31-33-54(49)70)43-25-17-26-46-45-24-14-16-29-56(45)72-60(43)46/h7-38H,1-6H3. The van der Waals surface area contributed by atoms with Crippen LogP contribution >= 0.6 is 0 Å². The molecular weight excluding hydrogens is 881 g/mol. The van der Waals surface area contributed by atoms with Crippen LogP contribution in [-0.2, 0) is 10.8 Å². The summed E-state index contributed by atoms with van der Waals surface area (Å²) < 4.78 is 15.8. The van der Waals surface area contributed by atoms with Crippen LogP contribution in [0.2, 0.25) is 0 Å². The van der Waals surface area contributed by atoms with Crippen molar-refractivity contribution in [2.24, 2.45) is 5.41 Å². The van der Waals surface area contributed by atoms with E-state index in [1.54, 1.807) is 0 Å². The molecule has 346 valence electrons. The van der Waals surface area contributed by atoms with E-state index in [-0.39, 0.29) is 16.2 Å².